The first-order chi connectivity index (χ1) is 10.2. The molecule has 0 aliphatic heterocycles. The van der Waals surface area contributed by atoms with Gasteiger partial charge in [0.1, 0.15) is 0 Å². The second-order valence-electron chi connectivity index (χ2n) is 5.81. The van der Waals surface area contributed by atoms with Crippen molar-refractivity contribution < 1.29 is 4.74 Å². The van der Waals surface area contributed by atoms with Crippen LogP contribution in [0.3, 0.4) is 0 Å². The summed E-state index contributed by atoms with van der Waals surface area (Å²) in [5.74, 6) is 0.921. The van der Waals surface area contributed by atoms with Crippen molar-refractivity contribution in [2.24, 2.45) is 0 Å². The molecule has 21 heavy (non-hydrogen) atoms. The van der Waals surface area contributed by atoms with Crippen LogP contribution in [0, 0.1) is 0 Å². The Balaban J connectivity index is 2.01. The van der Waals surface area contributed by atoms with Crippen molar-refractivity contribution in [2.75, 3.05) is 26.5 Å². The molecular weight excluding hydrogens is 286 g/mol. The first-order valence-corrected chi connectivity index (χ1v) is 8.97. The Hall–Kier alpha value is -0.660. The summed E-state index contributed by atoms with van der Waals surface area (Å²) < 4.78 is 7.36. The molecule has 0 radical (unpaired) electrons. The topological polar surface area (TPSA) is 64.9 Å². The van der Waals surface area contributed by atoms with Crippen molar-refractivity contribution in [3.8, 4) is 0 Å². The number of thioether (sulfide) groups is 1. The summed E-state index contributed by atoms with van der Waals surface area (Å²) in [6, 6.07) is 0.137. The van der Waals surface area contributed by atoms with Gasteiger partial charge in [0, 0.05) is 18.4 Å². The smallest absolute Gasteiger partial charge is 0.167 e. The van der Waals surface area contributed by atoms with Crippen LogP contribution < -0.4 is 5.32 Å². The van der Waals surface area contributed by atoms with Crippen molar-refractivity contribution in [1.29, 1.82) is 0 Å². The Morgan fingerprint density at radius 2 is 2.14 bits per heavy atom. The lowest BCUT2D eigenvalue weighted by Crippen LogP contribution is -2.35. The van der Waals surface area contributed by atoms with Gasteiger partial charge in [-0.3, -0.25) is 0 Å². The third-order valence-corrected chi connectivity index (χ3v) is 5.74. The average Bonchev–Trinajstić information content (AvgIpc) is 2.96. The highest BCUT2D eigenvalue weighted by atomic mass is 32.2. The van der Waals surface area contributed by atoms with Crippen LogP contribution in [0.25, 0.3) is 0 Å². The highest BCUT2D eigenvalue weighted by Crippen LogP contribution is 2.40. The summed E-state index contributed by atoms with van der Waals surface area (Å²) in [5, 5.41) is 15.7. The SMILES string of the molecule is COCCNC(C)c1nnnn1CC1(SC)CCCCC1. The third-order valence-electron chi connectivity index (χ3n) is 4.34. The van der Waals surface area contributed by atoms with Crippen LogP contribution >= 0.6 is 11.8 Å². The summed E-state index contributed by atoms with van der Waals surface area (Å²) in [4.78, 5) is 0. The van der Waals surface area contributed by atoms with Crippen molar-refractivity contribution in [3.63, 3.8) is 0 Å². The molecule has 120 valence electrons. The van der Waals surface area contributed by atoms with E-state index in [1.54, 1.807) is 7.11 Å². The number of hydrogen-bond donors (Lipinski definition) is 1. The summed E-state index contributed by atoms with van der Waals surface area (Å²) in [5.41, 5.74) is 0. The van der Waals surface area contributed by atoms with Gasteiger partial charge >= 0.3 is 0 Å². The minimum Gasteiger partial charge on any atom is -0.383 e. The molecule has 1 saturated carbocycles. The number of tetrazole rings is 1. The maximum absolute atomic E-state index is 5.07. The van der Waals surface area contributed by atoms with Gasteiger partial charge in [0.15, 0.2) is 5.82 Å². The predicted octanol–water partition coefficient (Wildman–Crippen LogP) is 2.04. The molecule has 1 aromatic rings. The molecule has 1 aliphatic rings. The lowest BCUT2D eigenvalue weighted by atomic mass is 9.88. The predicted molar refractivity (Wildman–Crippen MR) is 85.4 cm³/mol. The maximum atomic E-state index is 5.07. The molecule has 1 fully saturated rings. The number of hydrogen-bond acceptors (Lipinski definition) is 6. The van der Waals surface area contributed by atoms with E-state index in [0.29, 0.717) is 11.4 Å². The zero-order valence-corrected chi connectivity index (χ0v) is 14.2. The van der Waals surface area contributed by atoms with Crippen molar-refractivity contribution in [1.82, 2.24) is 25.5 Å². The van der Waals surface area contributed by atoms with E-state index in [0.717, 1.165) is 18.9 Å². The molecule has 0 spiro atoms. The monoisotopic (exact) mass is 313 g/mol. The molecule has 2 rings (SSSR count). The van der Waals surface area contributed by atoms with Crippen molar-refractivity contribution in [2.45, 2.75) is 56.4 Å². The van der Waals surface area contributed by atoms with Crippen LogP contribution in [-0.2, 0) is 11.3 Å². The van der Waals surface area contributed by atoms with E-state index in [2.05, 4.69) is 34.0 Å². The average molecular weight is 313 g/mol. The standard InChI is InChI=1S/C14H27N5OS/c1-12(15-9-10-20-2)13-16-17-18-19(13)11-14(21-3)7-5-4-6-8-14/h12,15H,4-11H2,1-3H3. The van der Waals surface area contributed by atoms with Crippen LogP contribution in [0.15, 0.2) is 0 Å². The van der Waals surface area contributed by atoms with Gasteiger partial charge in [-0.15, -0.1) is 5.10 Å². The number of ether oxygens (including phenoxy) is 1. The Labute approximate surface area is 131 Å². The molecule has 6 nitrogen and oxygen atoms in total. The Morgan fingerprint density at radius 1 is 1.38 bits per heavy atom. The van der Waals surface area contributed by atoms with E-state index in [1.807, 2.05) is 16.4 Å². The fraction of sp³-hybridized carbons (Fsp3) is 0.929. The summed E-state index contributed by atoms with van der Waals surface area (Å²) >= 11 is 1.98. The minimum atomic E-state index is 0.137. The number of nitrogens with one attached hydrogen (secondary N) is 1. The third kappa shape index (κ3) is 4.40. The van der Waals surface area contributed by atoms with Gasteiger partial charge < -0.3 is 10.1 Å². The van der Waals surface area contributed by atoms with Crippen molar-refractivity contribution in [3.05, 3.63) is 5.82 Å². The Kier molecular flexibility index (Phi) is 6.44. The van der Waals surface area contributed by atoms with Gasteiger partial charge in [0.25, 0.3) is 0 Å². The lowest BCUT2D eigenvalue weighted by Gasteiger charge is -2.35. The van der Waals surface area contributed by atoms with E-state index in [1.165, 1.54) is 32.1 Å². The molecule has 0 amide bonds. The minimum absolute atomic E-state index is 0.137. The van der Waals surface area contributed by atoms with E-state index in [-0.39, 0.29) is 6.04 Å². The number of aromatic nitrogens is 4. The molecular formula is C14H27N5OS. The van der Waals surface area contributed by atoms with Gasteiger partial charge in [0.05, 0.1) is 19.2 Å². The van der Waals surface area contributed by atoms with E-state index >= 15 is 0 Å². The quantitative estimate of drug-likeness (QED) is 0.741. The molecule has 1 N–H and O–H groups in total. The molecule has 1 unspecified atom stereocenters. The normalized spacial score (nSPS) is 19.6. The highest BCUT2D eigenvalue weighted by Gasteiger charge is 2.33. The summed E-state index contributed by atoms with van der Waals surface area (Å²) in [6.07, 6.45) is 8.74. The van der Waals surface area contributed by atoms with Crippen molar-refractivity contribution >= 4 is 11.8 Å². The molecule has 1 heterocycles. The molecule has 0 bridgehead atoms. The van der Waals surface area contributed by atoms with Crippen LogP contribution in [-0.4, -0.2) is 51.5 Å². The zero-order chi connectivity index (χ0) is 15.1. The fourth-order valence-electron chi connectivity index (χ4n) is 3.00. The maximum Gasteiger partial charge on any atom is 0.167 e. The van der Waals surface area contributed by atoms with E-state index in [9.17, 15) is 0 Å². The zero-order valence-electron chi connectivity index (χ0n) is 13.3. The molecule has 1 aliphatic carbocycles. The molecule has 0 saturated heterocycles. The second-order valence-corrected chi connectivity index (χ2v) is 7.09. The van der Waals surface area contributed by atoms with Crippen LogP contribution in [0.2, 0.25) is 0 Å². The van der Waals surface area contributed by atoms with Crippen LogP contribution in [0.1, 0.15) is 50.9 Å². The van der Waals surface area contributed by atoms with Crippen LogP contribution in [0.5, 0.6) is 0 Å². The molecule has 1 atom stereocenters. The lowest BCUT2D eigenvalue weighted by molar-refractivity contribution is 0.195. The summed E-state index contributed by atoms with van der Waals surface area (Å²) in [6.45, 7) is 4.51. The molecule has 1 aromatic heterocycles. The van der Waals surface area contributed by atoms with Crippen LogP contribution in [0.4, 0.5) is 0 Å². The Morgan fingerprint density at radius 3 is 2.81 bits per heavy atom. The Bertz CT molecular complexity index is 419. The number of nitrogens with zero attached hydrogens (tertiary/aromatic N) is 4. The molecule has 0 aromatic carbocycles. The second kappa shape index (κ2) is 8.10. The van der Waals surface area contributed by atoms with Gasteiger partial charge in [-0.1, -0.05) is 19.3 Å². The van der Waals surface area contributed by atoms with Gasteiger partial charge in [0.2, 0.25) is 0 Å². The highest BCUT2D eigenvalue weighted by molar-refractivity contribution is 8.00. The largest absolute Gasteiger partial charge is 0.383 e. The first-order valence-electron chi connectivity index (χ1n) is 7.74. The van der Waals surface area contributed by atoms with Gasteiger partial charge in [-0.05, 0) is 36.4 Å². The number of methoxy groups -OCH3 is 1. The van der Waals surface area contributed by atoms with E-state index < -0.39 is 0 Å². The molecule has 7 heteroatoms. The fourth-order valence-corrected chi connectivity index (χ4v) is 3.95. The van der Waals surface area contributed by atoms with Gasteiger partial charge in [-0.25, -0.2) is 4.68 Å². The first kappa shape index (κ1) is 16.7. The van der Waals surface area contributed by atoms with E-state index in [4.69, 9.17) is 4.74 Å². The van der Waals surface area contributed by atoms with Gasteiger partial charge in [-0.2, -0.15) is 11.8 Å². The summed E-state index contributed by atoms with van der Waals surface area (Å²) in [7, 11) is 1.71. The number of rotatable bonds is 8.